The molecule has 3 aromatic rings. The molecule has 36 heavy (non-hydrogen) atoms. The van der Waals surface area contributed by atoms with Gasteiger partial charge in [-0.05, 0) is 68.6 Å². The van der Waals surface area contributed by atoms with Crippen LogP contribution < -0.4 is 10.6 Å². The first-order valence-electron chi connectivity index (χ1n) is 13.5. The van der Waals surface area contributed by atoms with E-state index in [1.807, 2.05) is 29.8 Å². The topological polar surface area (TPSA) is 106 Å². The van der Waals surface area contributed by atoms with Crippen LogP contribution in [-0.2, 0) is 17.8 Å². The van der Waals surface area contributed by atoms with Crippen LogP contribution in [0, 0.1) is 23.7 Å². The highest BCUT2D eigenvalue weighted by Crippen LogP contribution is 2.40. The summed E-state index contributed by atoms with van der Waals surface area (Å²) in [5, 5.41) is 15.5. The van der Waals surface area contributed by atoms with E-state index in [2.05, 4.69) is 22.7 Å². The Morgan fingerprint density at radius 3 is 2.75 bits per heavy atom. The molecule has 2 aliphatic heterocycles. The molecule has 4 aliphatic rings. The number of nitrogens with one attached hydrogen (secondary N) is 2. The van der Waals surface area contributed by atoms with E-state index in [9.17, 15) is 9.59 Å². The summed E-state index contributed by atoms with van der Waals surface area (Å²) >= 11 is 0. The molecular formula is C27H35N7O2. The molecule has 1 unspecified atom stereocenters. The number of carbonyl (C=O) groups excluding carboxylic acids is 2. The average molecular weight is 490 g/mol. The van der Waals surface area contributed by atoms with Crippen molar-refractivity contribution in [1.82, 2.24) is 35.0 Å². The number of aryl methyl sites for hydroxylation is 1. The summed E-state index contributed by atoms with van der Waals surface area (Å²) in [4.78, 5) is 30.6. The van der Waals surface area contributed by atoms with Gasteiger partial charge in [-0.25, -0.2) is 9.50 Å². The minimum absolute atomic E-state index is 0.00243. The number of hydrogen-bond acceptors (Lipinski definition) is 5. The lowest BCUT2D eigenvalue weighted by molar-refractivity contribution is -0.135. The number of rotatable bonds is 7. The number of piperidine rings is 2. The molecule has 0 spiro atoms. The Morgan fingerprint density at radius 2 is 2.00 bits per heavy atom. The third-order valence-electron chi connectivity index (χ3n) is 8.64. The SMILES string of the molecule is CCn1nccc1C(=O)N[C@H](c1cn2nc(CC3C(=O)NC4CC3C4)ccc2n1)C1CCC(C)CC1. The molecule has 9 nitrogen and oxygen atoms in total. The Morgan fingerprint density at radius 1 is 1.19 bits per heavy atom. The fourth-order valence-corrected chi connectivity index (χ4v) is 6.36. The molecule has 5 heterocycles. The quantitative estimate of drug-likeness (QED) is 0.530. The van der Waals surface area contributed by atoms with E-state index < -0.39 is 0 Å². The van der Waals surface area contributed by atoms with Crippen LogP contribution in [0.4, 0.5) is 0 Å². The molecule has 0 radical (unpaired) electrons. The molecule has 2 aliphatic carbocycles. The maximum absolute atomic E-state index is 13.3. The van der Waals surface area contributed by atoms with Crippen molar-refractivity contribution in [3.8, 4) is 0 Å². The summed E-state index contributed by atoms with van der Waals surface area (Å²) in [6, 6.07) is 5.93. The molecule has 190 valence electrons. The van der Waals surface area contributed by atoms with Crippen molar-refractivity contribution in [3.05, 3.63) is 47.7 Å². The van der Waals surface area contributed by atoms with Gasteiger partial charge in [-0.2, -0.15) is 10.2 Å². The summed E-state index contributed by atoms with van der Waals surface area (Å²) in [6.45, 7) is 4.93. The lowest BCUT2D eigenvalue weighted by atomic mass is 9.67. The van der Waals surface area contributed by atoms with Crippen LogP contribution in [0.25, 0.3) is 5.65 Å². The molecule has 2 bridgehead atoms. The van der Waals surface area contributed by atoms with Gasteiger partial charge >= 0.3 is 0 Å². The van der Waals surface area contributed by atoms with Gasteiger partial charge in [0.15, 0.2) is 5.65 Å². The van der Waals surface area contributed by atoms with E-state index >= 15 is 0 Å². The second kappa shape index (κ2) is 9.33. The van der Waals surface area contributed by atoms with Crippen LogP contribution >= 0.6 is 0 Å². The van der Waals surface area contributed by atoms with Gasteiger partial charge in [-0.3, -0.25) is 14.3 Å². The van der Waals surface area contributed by atoms with Gasteiger partial charge in [0.1, 0.15) is 5.69 Å². The highest BCUT2D eigenvalue weighted by atomic mass is 16.2. The fraction of sp³-hybridized carbons (Fsp3) is 0.593. The van der Waals surface area contributed by atoms with Crippen LogP contribution in [0.2, 0.25) is 0 Å². The van der Waals surface area contributed by atoms with E-state index in [0.717, 1.165) is 55.6 Å². The molecule has 2 N–H and O–H groups in total. The lowest BCUT2D eigenvalue weighted by Crippen LogP contribution is -2.57. The molecule has 7 rings (SSSR count). The Kier molecular flexibility index (Phi) is 6.01. The minimum Gasteiger partial charge on any atom is -0.353 e. The lowest BCUT2D eigenvalue weighted by Gasteiger charge is -2.46. The largest absolute Gasteiger partial charge is 0.353 e. The number of hydrogen-bond donors (Lipinski definition) is 2. The maximum atomic E-state index is 13.3. The first-order chi connectivity index (χ1) is 17.5. The molecule has 3 aromatic heterocycles. The second-order valence-corrected chi connectivity index (χ2v) is 11.0. The first kappa shape index (κ1) is 23.2. The monoisotopic (exact) mass is 489 g/mol. The van der Waals surface area contributed by atoms with Crippen molar-refractivity contribution in [2.24, 2.45) is 23.7 Å². The molecule has 2 atom stereocenters. The van der Waals surface area contributed by atoms with E-state index in [1.165, 1.54) is 0 Å². The van der Waals surface area contributed by atoms with Crippen LogP contribution in [0.1, 0.15) is 80.3 Å². The third kappa shape index (κ3) is 4.29. The van der Waals surface area contributed by atoms with Crippen LogP contribution in [-0.4, -0.2) is 42.2 Å². The molecule has 2 saturated carbocycles. The van der Waals surface area contributed by atoms with Crippen molar-refractivity contribution in [3.63, 3.8) is 0 Å². The Labute approximate surface area is 211 Å². The second-order valence-electron chi connectivity index (χ2n) is 11.0. The zero-order valence-corrected chi connectivity index (χ0v) is 21.1. The van der Waals surface area contributed by atoms with Crippen LogP contribution in [0.3, 0.4) is 0 Å². The van der Waals surface area contributed by atoms with Gasteiger partial charge in [0.2, 0.25) is 5.91 Å². The standard InChI is InChI=1S/C27H35N7O2/c1-3-33-23(10-11-28-33)27(36)31-25(17-6-4-16(2)5-7-17)22-15-34-24(30-22)9-8-19(32-34)14-21-18-12-20(13-18)29-26(21)35/h8-11,15-18,20-21,25H,3-7,12-14H2,1-2H3,(H,29,35)(H,31,36)/t16?,17?,18?,20?,21?,25-/m0/s1. The van der Waals surface area contributed by atoms with Gasteiger partial charge in [0.05, 0.1) is 23.6 Å². The summed E-state index contributed by atoms with van der Waals surface area (Å²) in [5.74, 6) is 1.56. The molecular weight excluding hydrogens is 454 g/mol. The summed E-state index contributed by atoms with van der Waals surface area (Å²) in [6.07, 6.45) is 10.9. The van der Waals surface area contributed by atoms with Crippen LogP contribution in [0.15, 0.2) is 30.6 Å². The van der Waals surface area contributed by atoms with Gasteiger partial charge in [-0.15, -0.1) is 0 Å². The van der Waals surface area contributed by atoms with Crippen molar-refractivity contribution in [2.75, 3.05) is 0 Å². The van der Waals surface area contributed by atoms with E-state index in [1.54, 1.807) is 16.9 Å². The maximum Gasteiger partial charge on any atom is 0.270 e. The summed E-state index contributed by atoms with van der Waals surface area (Å²) in [5.41, 5.74) is 3.07. The molecule has 4 fully saturated rings. The van der Waals surface area contributed by atoms with Gasteiger partial charge in [0.25, 0.3) is 5.91 Å². The Bertz CT molecular complexity index is 1270. The number of carbonyl (C=O) groups is 2. The van der Waals surface area contributed by atoms with Crippen molar-refractivity contribution < 1.29 is 9.59 Å². The summed E-state index contributed by atoms with van der Waals surface area (Å²) in [7, 11) is 0. The van der Waals surface area contributed by atoms with E-state index in [0.29, 0.717) is 42.5 Å². The highest BCUT2D eigenvalue weighted by molar-refractivity contribution is 5.92. The Balaban J connectivity index is 1.26. The number of nitrogens with zero attached hydrogens (tertiary/aromatic N) is 5. The zero-order valence-electron chi connectivity index (χ0n) is 21.1. The Hall–Kier alpha value is -3.23. The molecule has 2 saturated heterocycles. The predicted octanol–water partition coefficient (Wildman–Crippen LogP) is 3.31. The number of amides is 2. The molecule has 2 amide bonds. The van der Waals surface area contributed by atoms with E-state index in [-0.39, 0.29) is 23.8 Å². The summed E-state index contributed by atoms with van der Waals surface area (Å²) < 4.78 is 3.54. The van der Waals surface area contributed by atoms with E-state index in [4.69, 9.17) is 10.1 Å². The zero-order chi connectivity index (χ0) is 24.8. The van der Waals surface area contributed by atoms with Gasteiger partial charge < -0.3 is 10.6 Å². The van der Waals surface area contributed by atoms with Crippen molar-refractivity contribution in [1.29, 1.82) is 0 Å². The highest BCUT2D eigenvalue weighted by Gasteiger charge is 2.45. The number of fused-ring (bicyclic) bond motifs is 3. The fourth-order valence-electron chi connectivity index (χ4n) is 6.36. The van der Waals surface area contributed by atoms with Crippen LogP contribution in [0.5, 0.6) is 0 Å². The first-order valence-corrected chi connectivity index (χ1v) is 13.5. The van der Waals surface area contributed by atoms with Gasteiger partial charge in [0, 0.05) is 31.1 Å². The smallest absolute Gasteiger partial charge is 0.270 e. The molecule has 9 heteroatoms. The van der Waals surface area contributed by atoms with Gasteiger partial charge in [-0.1, -0.05) is 19.8 Å². The van der Waals surface area contributed by atoms with Crippen molar-refractivity contribution >= 4 is 17.5 Å². The number of aromatic nitrogens is 5. The normalized spacial score (nSPS) is 28.4. The number of imidazole rings is 1. The minimum atomic E-state index is -0.189. The van der Waals surface area contributed by atoms with Crippen molar-refractivity contribution in [2.45, 2.75) is 77.4 Å². The predicted molar refractivity (Wildman–Crippen MR) is 134 cm³/mol. The third-order valence-corrected chi connectivity index (χ3v) is 8.64. The molecule has 0 aromatic carbocycles. The average Bonchev–Trinajstić information content (AvgIpc) is 3.50.